The number of nitrogens with one attached hydrogen (secondary N) is 2. The van der Waals surface area contributed by atoms with E-state index < -0.39 is 17.8 Å². The summed E-state index contributed by atoms with van der Waals surface area (Å²) >= 11 is 0. The van der Waals surface area contributed by atoms with E-state index in [1.165, 1.54) is 24.6 Å². The number of aromatic amines is 1. The van der Waals surface area contributed by atoms with E-state index in [0.717, 1.165) is 41.4 Å². The van der Waals surface area contributed by atoms with Gasteiger partial charge < -0.3 is 24.8 Å². The second kappa shape index (κ2) is 11.6. The minimum Gasteiger partial charge on any atom is -0.455 e. The molecule has 3 aliphatic rings. The van der Waals surface area contributed by atoms with Crippen molar-refractivity contribution in [3.8, 4) is 11.5 Å². The predicted octanol–water partition coefficient (Wildman–Crippen LogP) is 6.55. The van der Waals surface area contributed by atoms with Gasteiger partial charge in [-0.3, -0.25) is 9.88 Å². The van der Waals surface area contributed by atoms with Crippen LogP contribution in [-0.2, 0) is 19.3 Å². The first-order valence-corrected chi connectivity index (χ1v) is 15.4. The molecule has 3 aromatic heterocycles. The Morgan fingerprint density at radius 3 is 2.64 bits per heavy atom. The quantitative estimate of drug-likeness (QED) is 0.255. The van der Waals surface area contributed by atoms with Gasteiger partial charge in [0.1, 0.15) is 17.1 Å². The molecular weight excluding hydrogens is 583 g/mol. The maximum Gasteiger partial charge on any atom is 0.416 e. The fraction of sp³-hybridized carbons (Fsp3) is 0.424. The van der Waals surface area contributed by atoms with Crippen LogP contribution in [0.4, 0.5) is 23.7 Å². The molecule has 1 saturated carbocycles. The highest BCUT2D eigenvalue weighted by molar-refractivity contribution is 5.89. The van der Waals surface area contributed by atoms with Gasteiger partial charge in [-0.25, -0.2) is 9.78 Å². The second-order valence-electron chi connectivity index (χ2n) is 12.5. The normalized spacial score (nSPS) is 19.5. The SMILES string of the molecule is C[C@H]1CN(C(=O)Nc2ccc(CN3CCN(C)CC3)c(C(F)(F)F)c2)Cc2cc(Oc3ccnc4[nH]c(C5CC5)cc34)cnc21. The maximum atomic E-state index is 14.1. The molecule has 1 aromatic carbocycles. The number of likely N-dealkylation sites (N-methyl/N-ethyl adjacent to an activating group) is 1. The zero-order valence-corrected chi connectivity index (χ0v) is 25.3. The number of H-pyrrole nitrogens is 1. The number of fused-ring (bicyclic) bond motifs is 2. The fourth-order valence-electron chi connectivity index (χ4n) is 6.33. The Balaban J connectivity index is 1.06. The number of nitrogens with zero attached hydrogens (tertiary/aromatic N) is 5. The molecule has 45 heavy (non-hydrogen) atoms. The van der Waals surface area contributed by atoms with Gasteiger partial charge >= 0.3 is 12.2 Å². The highest BCUT2D eigenvalue weighted by atomic mass is 19.4. The average molecular weight is 620 g/mol. The van der Waals surface area contributed by atoms with Crippen molar-refractivity contribution < 1.29 is 22.7 Å². The van der Waals surface area contributed by atoms with Gasteiger partial charge in [-0.15, -0.1) is 0 Å². The number of anilines is 1. The van der Waals surface area contributed by atoms with Crippen LogP contribution in [0.3, 0.4) is 0 Å². The van der Waals surface area contributed by atoms with Crippen molar-refractivity contribution in [2.75, 3.05) is 45.1 Å². The third-order valence-electron chi connectivity index (χ3n) is 9.00. The van der Waals surface area contributed by atoms with Crippen molar-refractivity contribution in [1.82, 2.24) is 29.7 Å². The molecule has 1 atom stereocenters. The smallest absolute Gasteiger partial charge is 0.416 e. The standard InChI is InChI=1S/C33H36F3N7O2/c1-20-17-43(32(44)39-24-6-5-22(27(14-24)33(34,35)36)18-42-11-9-41(2)10-12-42)19-23-13-25(16-38-30(20)23)45-29-7-8-37-31-26(29)15-28(40-31)21-3-4-21/h5-8,13-16,20-21H,3-4,9-12,17-19H2,1-2H3,(H,37,40)(H,39,44)/t20-/m0/s1. The van der Waals surface area contributed by atoms with E-state index in [9.17, 15) is 18.0 Å². The first-order valence-electron chi connectivity index (χ1n) is 15.4. The number of aromatic nitrogens is 3. The van der Waals surface area contributed by atoms with Crippen LogP contribution in [0.25, 0.3) is 11.0 Å². The van der Waals surface area contributed by atoms with E-state index >= 15 is 0 Å². The molecule has 0 unspecified atom stereocenters. The minimum atomic E-state index is -4.54. The van der Waals surface area contributed by atoms with Crippen molar-refractivity contribution >= 4 is 22.8 Å². The number of piperazine rings is 1. The highest BCUT2D eigenvalue weighted by Gasteiger charge is 2.35. The van der Waals surface area contributed by atoms with Gasteiger partial charge in [0, 0.05) is 69.3 Å². The van der Waals surface area contributed by atoms with Crippen LogP contribution in [-0.4, -0.2) is 75.5 Å². The Bertz CT molecular complexity index is 1730. The van der Waals surface area contributed by atoms with Crippen molar-refractivity contribution in [2.45, 2.75) is 50.9 Å². The van der Waals surface area contributed by atoms with Gasteiger partial charge in [0.15, 0.2) is 0 Å². The molecule has 0 bridgehead atoms. The van der Waals surface area contributed by atoms with E-state index in [1.54, 1.807) is 23.4 Å². The molecule has 0 spiro atoms. The lowest BCUT2D eigenvalue weighted by Gasteiger charge is -2.33. The van der Waals surface area contributed by atoms with Crippen LogP contribution >= 0.6 is 0 Å². The Kier molecular flexibility index (Phi) is 7.65. The zero-order valence-electron chi connectivity index (χ0n) is 25.3. The van der Waals surface area contributed by atoms with Gasteiger partial charge in [0.25, 0.3) is 0 Å². The number of carbonyl (C=O) groups excluding carboxylic acids is 1. The van der Waals surface area contributed by atoms with E-state index in [1.807, 2.05) is 31.0 Å². The van der Waals surface area contributed by atoms with Crippen LogP contribution in [0.15, 0.2) is 48.8 Å². The summed E-state index contributed by atoms with van der Waals surface area (Å²) < 4.78 is 48.6. The number of alkyl halides is 3. The van der Waals surface area contributed by atoms with Crippen molar-refractivity contribution in [3.63, 3.8) is 0 Å². The Hall–Kier alpha value is -4.16. The van der Waals surface area contributed by atoms with Gasteiger partial charge in [0.2, 0.25) is 0 Å². The minimum absolute atomic E-state index is 0.0661. The molecule has 2 aliphatic heterocycles. The lowest BCUT2D eigenvalue weighted by molar-refractivity contribution is -0.138. The third kappa shape index (κ3) is 6.34. The van der Waals surface area contributed by atoms with E-state index in [-0.39, 0.29) is 30.3 Å². The summed E-state index contributed by atoms with van der Waals surface area (Å²) in [6, 6.07) is 9.41. The van der Waals surface area contributed by atoms with Crippen LogP contribution in [0.2, 0.25) is 0 Å². The molecule has 5 heterocycles. The number of hydrogen-bond acceptors (Lipinski definition) is 6. The number of amides is 2. The molecule has 2 N–H and O–H groups in total. The Labute approximate surface area is 259 Å². The van der Waals surface area contributed by atoms with Crippen LogP contribution < -0.4 is 10.1 Å². The molecule has 236 valence electrons. The summed E-state index contributed by atoms with van der Waals surface area (Å²) in [4.78, 5) is 31.6. The summed E-state index contributed by atoms with van der Waals surface area (Å²) in [5.74, 6) is 1.69. The van der Waals surface area contributed by atoms with Gasteiger partial charge in [-0.05, 0) is 67.3 Å². The van der Waals surface area contributed by atoms with E-state index in [0.29, 0.717) is 37.1 Å². The van der Waals surface area contributed by atoms with Gasteiger partial charge in [-0.2, -0.15) is 13.2 Å². The van der Waals surface area contributed by atoms with Gasteiger partial charge in [0.05, 0.1) is 22.8 Å². The predicted molar refractivity (Wildman–Crippen MR) is 164 cm³/mol. The topological polar surface area (TPSA) is 89.6 Å². The summed E-state index contributed by atoms with van der Waals surface area (Å²) in [6.07, 6.45) is 1.20. The average Bonchev–Trinajstić information content (AvgIpc) is 3.76. The number of benzene rings is 1. The number of rotatable bonds is 6. The Morgan fingerprint density at radius 2 is 1.89 bits per heavy atom. The molecule has 0 radical (unpaired) electrons. The second-order valence-corrected chi connectivity index (χ2v) is 12.5. The first kappa shape index (κ1) is 29.5. The molecule has 1 saturated heterocycles. The third-order valence-corrected chi connectivity index (χ3v) is 9.00. The van der Waals surface area contributed by atoms with Crippen LogP contribution in [0, 0.1) is 0 Å². The highest BCUT2D eigenvalue weighted by Crippen LogP contribution is 2.42. The summed E-state index contributed by atoms with van der Waals surface area (Å²) in [7, 11) is 2.01. The van der Waals surface area contributed by atoms with Crippen molar-refractivity contribution in [3.05, 3.63) is 76.9 Å². The van der Waals surface area contributed by atoms with E-state index in [4.69, 9.17) is 4.74 Å². The molecule has 1 aliphatic carbocycles. The fourth-order valence-corrected chi connectivity index (χ4v) is 6.33. The lowest BCUT2D eigenvalue weighted by Crippen LogP contribution is -2.44. The maximum absolute atomic E-state index is 14.1. The number of ether oxygens (including phenoxy) is 1. The van der Waals surface area contributed by atoms with E-state index in [2.05, 4.69) is 31.2 Å². The summed E-state index contributed by atoms with van der Waals surface area (Å²) in [5, 5.41) is 3.61. The number of hydrogen-bond donors (Lipinski definition) is 2. The monoisotopic (exact) mass is 619 g/mol. The lowest BCUT2D eigenvalue weighted by atomic mass is 9.96. The molecular formula is C33H36F3N7O2. The largest absolute Gasteiger partial charge is 0.455 e. The summed E-state index contributed by atoms with van der Waals surface area (Å²) in [6.45, 7) is 5.89. The molecule has 4 aromatic rings. The van der Waals surface area contributed by atoms with Crippen LogP contribution in [0.5, 0.6) is 11.5 Å². The number of pyridine rings is 2. The number of urea groups is 1. The van der Waals surface area contributed by atoms with Crippen molar-refractivity contribution in [1.29, 1.82) is 0 Å². The molecule has 2 amide bonds. The summed E-state index contributed by atoms with van der Waals surface area (Å²) in [5.41, 5.74) is 3.24. The number of halogens is 3. The van der Waals surface area contributed by atoms with Gasteiger partial charge in [-0.1, -0.05) is 13.0 Å². The number of carbonyl (C=O) groups is 1. The molecule has 12 heteroatoms. The Morgan fingerprint density at radius 1 is 1.09 bits per heavy atom. The van der Waals surface area contributed by atoms with Crippen LogP contribution in [0.1, 0.15) is 59.7 Å². The molecule has 2 fully saturated rings. The molecule has 9 nitrogen and oxygen atoms in total. The first-order chi connectivity index (χ1) is 21.6. The van der Waals surface area contributed by atoms with Crippen molar-refractivity contribution in [2.24, 2.45) is 0 Å². The molecule has 7 rings (SSSR count). The zero-order chi connectivity index (χ0) is 31.3.